The van der Waals surface area contributed by atoms with Crippen molar-refractivity contribution in [3.63, 3.8) is 0 Å². The van der Waals surface area contributed by atoms with Crippen LogP contribution >= 0.6 is 11.6 Å². The van der Waals surface area contributed by atoms with Crippen molar-refractivity contribution in [3.8, 4) is 6.07 Å². The van der Waals surface area contributed by atoms with E-state index >= 15 is 0 Å². The summed E-state index contributed by atoms with van der Waals surface area (Å²) in [7, 11) is 0. The number of fused-ring (bicyclic) bond motifs is 3. The molecule has 80 valence electrons. The van der Waals surface area contributed by atoms with Crippen LogP contribution < -0.4 is 0 Å². The minimum atomic E-state index is 0.381. The fraction of sp³-hybridized carbons (Fsp3) is 0. The lowest BCUT2D eigenvalue weighted by molar-refractivity contribution is 1.32. The molecule has 0 aliphatic carbocycles. The van der Waals surface area contributed by atoms with Gasteiger partial charge in [0, 0.05) is 10.8 Å². The second-order valence-corrected chi connectivity index (χ2v) is 4.04. The third-order valence-corrected chi connectivity index (χ3v) is 2.81. The highest BCUT2D eigenvalue weighted by Crippen LogP contribution is 2.23. The fourth-order valence-electron chi connectivity index (χ4n) is 1.81. The van der Waals surface area contributed by atoms with E-state index in [-0.39, 0.29) is 0 Å². The van der Waals surface area contributed by atoms with Gasteiger partial charge in [-0.2, -0.15) is 5.26 Å². The second-order valence-electron chi connectivity index (χ2n) is 3.65. The van der Waals surface area contributed by atoms with E-state index in [0.717, 1.165) is 16.3 Å². The summed E-state index contributed by atoms with van der Waals surface area (Å²) in [6, 6.07) is 13.1. The first-order valence-electron chi connectivity index (χ1n) is 5.04. The summed E-state index contributed by atoms with van der Waals surface area (Å²) >= 11 is 5.89. The summed E-state index contributed by atoms with van der Waals surface area (Å²) < 4.78 is 0. The molecule has 0 spiro atoms. The molecule has 0 amide bonds. The molecule has 0 bridgehead atoms. The van der Waals surface area contributed by atoms with Gasteiger partial charge < -0.3 is 0 Å². The van der Waals surface area contributed by atoms with Crippen molar-refractivity contribution < 1.29 is 0 Å². The van der Waals surface area contributed by atoms with E-state index in [9.17, 15) is 0 Å². The maximum Gasteiger partial charge on any atom is 0.141 e. The molecule has 0 radical (unpaired) electrons. The zero-order valence-corrected chi connectivity index (χ0v) is 9.44. The molecular weight excluding hydrogens is 234 g/mol. The van der Waals surface area contributed by atoms with Crippen molar-refractivity contribution in [1.82, 2.24) is 9.97 Å². The van der Waals surface area contributed by atoms with Gasteiger partial charge in [-0.15, -0.1) is 0 Å². The summed E-state index contributed by atoms with van der Waals surface area (Å²) in [5, 5.41) is 11.2. The van der Waals surface area contributed by atoms with Crippen LogP contribution in [0.5, 0.6) is 0 Å². The van der Waals surface area contributed by atoms with E-state index in [1.54, 1.807) is 12.1 Å². The van der Waals surface area contributed by atoms with Gasteiger partial charge in [-0.25, -0.2) is 9.97 Å². The topological polar surface area (TPSA) is 49.6 Å². The van der Waals surface area contributed by atoms with Crippen LogP contribution in [0.15, 0.2) is 36.4 Å². The van der Waals surface area contributed by atoms with Crippen LogP contribution in [0, 0.1) is 11.3 Å². The van der Waals surface area contributed by atoms with Crippen LogP contribution in [-0.4, -0.2) is 9.97 Å². The molecule has 1 aromatic carbocycles. The monoisotopic (exact) mass is 239 g/mol. The van der Waals surface area contributed by atoms with Gasteiger partial charge in [0.1, 0.15) is 16.9 Å². The quantitative estimate of drug-likeness (QED) is 0.447. The Kier molecular flexibility index (Phi) is 2.17. The Hall–Kier alpha value is -2.18. The van der Waals surface area contributed by atoms with Crippen molar-refractivity contribution in [3.05, 3.63) is 47.2 Å². The van der Waals surface area contributed by atoms with Gasteiger partial charge in [0.15, 0.2) is 0 Å². The third-order valence-electron chi connectivity index (χ3n) is 2.60. The standard InChI is InChI=1S/C13H6ClN3/c14-11-6-4-9-2-1-8-3-5-10(7-15)16-12(8)13(9)17-11/h1-6H. The van der Waals surface area contributed by atoms with Gasteiger partial charge in [0.05, 0.1) is 11.0 Å². The van der Waals surface area contributed by atoms with Gasteiger partial charge in [0.2, 0.25) is 0 Å². The van der Waals surface area contributed by atoms with Crippen LogP contribution in [0.25, 0.3) is 21.8 Å². The summed E-state index contributed by atoms with van der Waals surface area (Å²) in [6.45, 7) is 0. The molecule has 17 heavy (non-hydrogen) atoms. The highest BCUT2D eigenvalue weighted by Gasteiger charge is 2.05. The number of hydrogen-bond donors (Lipinski definition) is 0. The zero-order chi connectivity index (χ0) is 11.8. The predicted molar refractivity (Wildman–Crippen MR) is 66.8 cm³/mol. The number of pyridine rings is 2. The van der Waals surface area contributed by atoms with Crippen molar-refractivity contribution in [2.24, 2.45) is 0 Å². The van der Waals surface area contributed by atoms with Crippen molar-refractivity contribution >= 4 is 33.4 Å². The Morgan fingerprint density at radius 3 is 2.18 bits per heavy atom. The first-order valence-corrected chi connectivity index (χ1v) is 5.42. The minimum absolute atomic E-state index is 0.381. The van der Waals surface area contributed by atoms with E-state index in [0.29, 0.717) is 16.4 Å². The second kappa shape index (κ2) is 3.69. The smallest absolute Gasteiger partial charge is 0.141 e. The molecule has 0 aliphatic heterocycles. The fourth-order valence-corrected chi connectivity index (χ4v) is 1.95. The lowest BCUT2D eigenvalue weighted by Crippen LogP contribution is -1.88. The Morgan fingerprint density at radius 2 is 1.47 bits per heavy atom. The molecule has 2 heterocycles. The average Bonchev–Trinajstić information content (AvgIpc) is 2.38. The molecule has 3 nitrogen and oxygen atoms in total. The Bertz CT molecular complexity index is 775. The van der Waals surface area contributed by atoms with E-state index < -0.39 is 0 Å². The molecule has 0 fully saturated rings. The molecule has 4 heteroatoms. The maximum atomic E-state index is 8.86. The molecule has 0 saturated heterocycles. The van der Waals surface area contributed by atoms with Crippen LogP contribution in [0.4, 0.5) is 0 Å². The first kappa shape index (κ1) is 10.0. The van der Waals surface area contributed by atoms with Gasteiger partial charge in [0.25, 0.3) is 0 Å². The Morgan fingerprint density at radius 1 is 0.882 bits per heavy atom. The zero-order valence-electron chi connectivity index (χ0n) is 8.68. The molecule has 0 N–H and O–H groups in total. The summed E-state index contributed by atoms with van der Waals surface area (Å²) in [5.41, 5.74) is 1.82. The number of hydrogen-bond acceptors (Lipinski definition) is 3. The van der Waals surface area contributed by atoms with Crippen molar-refractivity contribution in [2.75, 3.05) is 0 Å². The van der Waals surface area contributed by atoms with Gasteiger partial charge in [-0.3, -0.25) is 0 Å². The van der Waals surface area contributed by atoms with Crippen LogP contribution in [0.2, 0.25) is 5.15 Å². The number of benzene rings is 1. The van der Waals surface area contributed by atoms with E-state index in [4.69, 9.17) is 16.9 Å². The lowest BCUT2D eigenvalue weighted by atomic mass is 10.1. The molecule has 0 saturated carbocycles. The normalized spacial score (nSPS) is 10.6. The summed E-state index contributed by atoms with van der Waals surface area (Å²) in [6.07, 6.45) is 0. The molecule has 2 aromatic heterocycles. The summed E-state index contributed by atoms with van der Waals surface area (Å²) in [4.78, 5) is 8.55. The van der Waals surface area contributed by atoms with Crippen molar-refractivity contribution in [1.29, 1.82) is 5.26 Å². The number of aromatic nitrogens is 2. The van der Waals surface area contributed by atoms with Gasteiger partial charge >= 0.3 is 0 Å². The predicted octanol–water partition coefficient (Wildman–Crippen LogP) is 3.31. The Labute approximate surface area is 102 Å². The number of halogens is 1. The highest BCUT2D eigenvalue weighted by molar-refractivity contribution is 6.30. The van der Waals surface area contributed by atoms with Gasteiger partial charge in [-0.05, 0) is 24.3 Å². The number of nitriles is 1. The third kappa shape index (κ3) is 1.59. The van der Waals surface area contributed by atoms with E-state index in [1.807, 2.05) is 30.3 Å². The first-order chi connectivity index (χ1) is 8.28. The molecule has 0 aliphatic rings. The van der Waals surface area contributed by atoms with Crippen LogP contribution in [0.1, 0.15) is 5.69 Å². The number of rotatable bonds is 0. The SMILES string of the molecule is N#Cc1ccc2ccc3ccc(Cl)nc3c2n1. The highest BCUT2D eigenvalue weighted by atomic mass is 35.5. The van der Waals surface area contributed by atoms with Crippen molar-refractivity contribution in [2.45, 2.75) is 0 Å². The maximum absolute atomic E-state index is 8.86. The van der Waals surface area contributed by atoms with E-state index in [1.165, 1.54) is 0 Å². The molecule has 0 atom stereocenters. The summed E-state index contributed by atoms with van der Waals surface area (Å²) in [5.74, 6) is 0. The molecule has 0 unspecified atom stereocenters. The average molecular weight is 240 g/mol. The number of nitrogens with zero attached hydrogens (tertiary/aromatic N) is 3. The molecule has 3 aromatic rings. The van der Waals surface area contributed by atoms with E-state index in [2.05, 4.69) is 9.97 Å². The Balaban J connectivity index is 2.52. The lowest BCUT2D eigenvalue weighted by Gasteiger charge is -2.02. The van der Waals surface area contributed by atoms with Crippen LogP contribution in [-0.2, 0) is 0 Å². The largest absolute Gasteiger partial charge is 0.235 e. The molecule has 3 rings (SSSR count). The molecular formula is C13H6ClN3. The van der Waals surface area contributed by atoms with Crippen LogP contribution in [0.3, 0.4) is 0 Å². The van der Waals surface area contributed by atoms with Gasteiger partial charge in [-0.1, -0.05) is 23.7 Å². The minimum Gasteiger partial charge on any atom is -0.235 e.